The van der Waals surface area contributed by atoms with E-state index in [9.17, 15) is 9.59 Å². The Labute approximate surface area is 153 Å². The van der Waals surface area contributed by atoms with Gasteiger partial charge in [-0.1, -0.05) is 28.5 Å². The molecule has 0 aliphatic heterocycles. The molecule has 0 spiro atoms. The molecule has 1 aromatic carbocycles. The quantitative estimate of drug-likeness (QED) is 0.402. The molecule has 0 saturated heterocycles. The fourth-order valence-electron chi connectivity index (χ4n) is 2.05. The van der Waals surface area contributed by atoms with E-state index in [1.54, 1.807) is 34.0 Å². The molecule has 0 saturated carbocycles. The van der Waals surface area contributed by atoms with Gasteiger partial charge >= 0.3 is 0 Å². The van der Waals surface area contributed by atoms with Gasteiger partial charge in [0.15, 0.2) is 5.71 Å². The van der Waals surface area contributed by atoms with E-state index in [0.717, 1.165) is 11.1 Å². The molecular weight excluding hydrogens is 336 g/mol. The molecule has 1 rings (SSSR count). The second kappa shape index (κ2) is 10.1. The summed E-state index contributed by atoms with van der Waals surface area (Å²) in [4.78, 5) is 38.2. The van der Waals surface area contributed by atoms with Crippen LogP contribution >= 0.6 is 0 Å². The summed E-state index contributed by atoms with van der Waals surface area (Å²) < 4.78 is 0. The van der Waals surface area contributed by atoms with E-state index in [0.29, 0.717) is 23.4 Å². The van der Waals surface area contributed by atoms with Gasteiger partial charge in [0.2, 0.25) is 6.41 Å². The molecule has 0 fully saturated rings. The molecule has 0 aromatic heterocycles. The van der Waals surface area contributed by atoms with Crippen LogP contribution in [0.3, 0.4) is 0 Å². The van der Waals surface area contributed by atoms with Crippen LogP contribution in [-0.4, -0.2) is 55.6 Å². The maximum Gasteiger partial charge on any atom is 0.276 e. The number of carbonyl (C=O) groups excluding carboxylic acids is 2. The zero-order valence-electron chi connectivity index (χ0n) is 15.9. The van der Waals surface area contributed by atoms with Gasteiger partial charge in [-0.2, -0.15) is 0 Å². The maximum atomic E-state index is 12.4. The minimum absolute atomic E-state index is 0.122. The number of oxime groups is 2. The number of amides is 2. The molecule has 0 atom stereocenters. The Hall–Kier alpha value is -3.03. The second-order valence-corrected chi connectivity index (χ2v) is 5.69. The summed E-state index contributed by atoms with van der Waals surface area (Å²) in [6, 6.07) is 5.51. The summed E-state index contributed by atoms with van der Waals surface area (Å²) >= 11 is 0. The highest BCUT2D eigenvalue weighted by Gasteiger charge is 2.21. The predicted molar refractivity (Wildman–Crippen MR) is 100 cm³/mol. The molecule has 0 heterocycles. The van der Waals surface area contributed by atoms with E-state index < -0.39 is 0 Å². The number of aliphatic imine (C=N–C) groups is 1. The number of nitrogens with zero attached hydrogens (tertiary/aromatic N) is 4. The minimum Gasteiger partial charge on any atom is -0.398 e. The Morgan fingerprint density at radius 3 is 2.46 bits per heavy atom. The van der Waals surface area contributed by atoms with Crippen molar-refractivity contribution in [2.24, 2.45) is 15.3 Å². The third-order valence-electron chi connectivity index (χ3n) is 3.64. The van der Waals surface area contributed by atoms with Crippen molar-refractivity contribution in [1.29, 1.82) is 0 Å². The van der Waals surface area contributed by atoms with Crippen molar-refractivity contribution >= 4 is 29.5 Å². The molecule has 0 unspecified atom stereocenters. The van der Waals surface area contributed by atoms with Crippen molar-refractivity contribution in [3.8, 4) is 0 Å². The monoisotopic (exact) mass is 360 g/mol. The van der Waals surface area contributed by atoms with Crippen LogP contribution in [0.15, 0.2) is 33.5 Å². The van der Waals surface area contributed by atoms with Crippen LogP contribution in [-0.2, 0) is 25.9 Å². The molecule has 8 nitrogen and oxygen atoms in total. The van der Waals surface area contributed by atoms with Crippen LogP contribution in [0.2, 0.25) is 0 Å². The Bertz CT molecular complexity index is 752. The zero-order chi connectivity index (χ0) is 19.7. The largest absolute Gasteiger partial charge is 0.398 e. The van der Waals surface area contributed by atoms with Crippen LogP contribution < -0.4 is 0 Å². The lowest BCUT2D eigenvalue weighted by atomic mass is 9.98. The van der Waals surface area contributed by atoms with Crippen molar-refractivity contribution in [3.63, 3.8) is 0 Å². The highest BCUT2D eigenvalue weighted by atomic mass is 16.6. The van der Waals surface area contributed by atoms with Gasteiger partial charge in [-0.25, -0.2) is 4.99 Å². The fourth-order valence-corrected chi connectivity index (χ4v) is 2.05. The number of carbonyl (C=O) groups is 2. The van der Waals surface area contributed by atoms with Crippen LogP contribution in [0.1, 0.15) is 30.5 Å². The predicted octanol–water partition coefficient (Wildman–Crippen LogP) is 1.94. The molecule has 0 bridgehead atoms. The van der Waals surface area contributed by atoms with Gasteiger partial charge in [-0.05, 0) is 26.3 Å². The average molecular weight is 360 g/mol. The Morgan fingerprint density at radius 1 is 1.19 bits per heavy atom. The second-order valence-electron chi connectivity index (χ2n) is 5.69. The summed E-state index contributed by atoms with van der Waals surface area (Å²) in [6.45, 7) is 5.38. The van der Waals surface area contributed by atoms with Crippen LogP contribution in [0.4, 0.5) is 0 Å². The molecule has 140 valence electrons. The first-order valence-corrected chi connectivity index (χ1v) is 7.90. The van der Waals surface area contributed by atoms with E-state index in [-0.39, 0.29) is 18.2 Å². The van der Waals surface area contributed by atoms with Gasteiger partial charge in [-0.3, -0.25) is 9.59 Å². The molecule has 2 amide bonds. The van der Waals surface area contributed by atoms with Gasteiger partial charge < -0.3 is 14.6 Å². The van der Waals surface area contributed by atoms with Crippen molar-refractivity contribution in [2.45, 2.75) is 27.4 Å². The third kappa shape index (κ3) is 5.51. The molecule has 26 heavy (non-hydrogen) atoms. The average Bonchev–Trinajstić information content (AvgIpc) is 2.60. The van der Waals surface area contributed by atoms with Crippen LogP contribution in [0.5, 0.6) is 0 Å². The molecule has 0 N–H and O–H groups in total. The van der Waals surface area contributed by atoms with E-state index in [1.165, 1.54) is 12.0 Å². The maximum absolute atomic E-state index is 12.4. The first-order valence-electron chi connectivity index (χ1n) is 7.90. The highest BCUT2D eigenvalue weighted by molar-refractivity contribution is 6.45. The Morgan fingerprint density at radius 2 is 1.88 bits per heavy atom. The van der Waals surface area contributed by atoms with Gasteiger partial charge in [-0.15, -0.1) is 0 Å². The Balaban J connectivity index is 3.19. The Kier molecular flexibility index (Phi) is 8.14. The summed E-state index contributed by atoms with van der Waals surface area (Å²) in [5.74, 6) is -0.285. The summed E-state index contributed by atoms with van der Waals surface area (Å²) in [5.41, 5.74) is 3.43. The van der Waals surface area contributed by atoms with Crippen molar-refractivity contribution in [2.75, 3.05) is 21.2 Å². The zero-order valence-corrected chi connectivity index (χ0v) is 15.9. The number of aryl methyl sites for hydroxylation is 1. The third-order valence-corrected chi connectivity index (χ3v) is 3.64. The van der Waals surface area contributed by atoms with Crippen molar-refractivity contribution in [1.82, 2.24) is 4.90 Å². The topological polar surface area (TPSA) is 92.9 Å². The van der Waals surface area contributed by atoms with E-state index in [1.807, 2.05) is 19.1 Å². The summed E-state index contributed by atoms with van der Waals surface area (Å²) in [6.07, 6.45) is 0.453. The van der Waals surface area contributed by atoms with Crippen LogP contribution in [0, 0.1) is 6.92 Å². The highest BCUT2D eigenvalue weighted by Crippen LogP contribution is 2.18. The normalized spacial score (nSPS) is 12.6. The minimum atomic E-state index is -0.285. The molecule has 0 aliphatic carbocycles. The van der Waals surface area contributed by atoms with Gasteiger partial charge in [0, 0.05) is 25.2 Å². The molecular formula is C18H24N4O4. The SMILES string of the molecule is CO/N=C(\C(=O)N(C)C)c1cccc(C)c1CO/N=C(/C)C(C)=NC=O. The fraction of sp³-hybridized carbons (Fsp3) is 0.389. The van der Waals surface area contributed by atoms with Gasteiger partial charge in [0.25, 0.3) is 5.91 Å². The lowest BCUT2D eigenvalue weighted by Gasteiger charge is -2.16. The number of rotatable bonds is 8. The standard InChI is InChI=1S/C18H24N4O4/c1-12-8-7-9-15(17(21-25-6)18(24)22(4)5)16(12)10-26-20-14(3)13(2)19-11-23/h7-9,11H,10H2,1-6H3/b19-13?,20-14-,21-17-. The first-order chi connectivity index (χ1) is 12.3. The van der Waals surface area contributed by atoms with Crippen LogP contribution in [0.25, 0.3) is 0 Å². The van der Waals surface area contributed by atoms with Gasteiger partial charge in [0.1, 0.15) is 13.7 Å². The number of likely N-dealkylation sites (N-methyl/N-ethyl adjacent to an activating group) is 1. The summed E-state index contributed by atoms with van der Waals surface area (Å²) in [5, 5.41) is 7.86. The lowest BCUT2D eigenvalue weighted by Crippen LogP contribution is -2.31. The van der Waals surface area contributed by atoms with E-state index in [4.69, 9.17) is 9.68 Å². The van der Waals surface area contributed by atoms with Gasteiger partial charge in [0.05, 0.1) is 11.4 Å². The van der Waals surface area contributed by atoms with E-state index >= 15 is 0 Å². The number of hydrogen-bond donors (Lipinski definition) is 0. The molecule has 1 aromatic rings. The van der Waals surface area contributed by atoms with Crippen molar-refractivity contribution in [3.05, 3.63) is 34.9 Å². The lowest BCUT2D eigenvalue weighted by molar-refractivity contribution is -0.121. The summed E-state index contributed by atoms with van der Waals surface area (Å²) in [7, 11) is 4.67. The number of benzene rings is 1. The molecule has 0 aliphatic rings. The van der Waals surface area contributed by atoms with E-state index in [2.05, 4.69) is 15.3 Å². The molecule has 0 radical (unpaired) electrons. The smallest absolute Gasteiger partial charge is 0.276 e. The number of hydrogen-bond acceptors (Lipinski definition) is 6. The first kappa shape index (κ1) is 21.0. The molecule has 8 heteroatoms. The van der Waals surface area contributed by atoms with Crippen molar-refractivity contribution < 1.29 is 19.3 Å².